The molecule has 0 radical (unpaired) electrons. The second-order valence-corrected chi connectivity index (χ2v) is 9.85. The van der Waals surface area contributed by atoms with Crippen molar-refractivity contribution in [3.63, 3.8) is 0 Å². The van der Waals surface area contributed by atoms with E-state index < -0.39 is 11.6 Å². The molecule has 2 N–H and O–H groups in total. The van der Waals surface area contributed by atoms with Gasteiger partial charge in [-0.05, 0) is 51.0 Å². The number of rotatable bonds is 5. The zero-order chi connectivity index (χ0) is 24.6. The fourth-order valence-electron chi connectivity index (χ4n) is 4.04. The van der Waals surface area contributed by atoms with Crippen molar-refractivity contribution in [3.8, 4) is 34.1 Å². The Morgan fingerprint density at radius 1 is 1.17 bits per heavy atom. The van der Waals surface area contributed by atoms with Crippen LogP contribution in [0.25, 0.3) is 27.5 Å². The van der Waals surface area contributed by atoms with Crippen LogP contribution in [0.3, 0.4) is 0 Å². The molecule has 1 aliphatic rings. The van der Waals surface area contributed by atoms with E-state index in [-0.39, 0.29) is 0 Å². The zero-order valence-electron chi connectivity index (χ0n) is 19.3. The smallest absolute Gasteiger partial charge is 0.208 e. The largest absolute Gasteiger partial charge is 0.390 e. The molecule has 0 aromatic carbocycles. The molecule has 35 heavy (non-hydrogen) atoms. The number of piperidine rings is 1. The van der Waals surface area contributed by atoms with Crippen LogP contribution in [0.4, 0.5) is 10.8 Å². The van der Waals surface area contributed by atoms with Crippen LogP contribution in [0.1, 0.15) is 32.3 Å². The van der Waals surface area contributed by atoms with E-state index in [2.05, 4.69) is 42.6 Å². The van der Waals surface area contributed by atoms with Gasteiger partial charge in [0, 0.05) is 25.0 Å². The quantitative estimate of drug-likeness (QED) is 0.435. The number of pyridine rings is 1. The molecular weight excluding hydrogens is 462 g/mol. The average Bonchev–Trinajstić information content (AvgIpc) is 3.51. The number of nitrogens with zero attached hydrogens (tertiary/aromatic N) is 8. The summed E-state index contributed by atoms with van der Waals surface area (Å²) in [6.07, 6.45) is 4.61. The molecule has 4 aromatic heterocycles. The lowest BCUT2D eigenvalue weighted by molar-refractivity contribution is 0.0351. The van der Waals surface area contributed by atoms with Crippen molar-refractivity contribution in [1.29, 1.82) is 10.5 Å². The summed E-state index contributed by atoms with van der Waals surface area (Å²) in [5, 5.41) is 46.7. The maximum Gasteiger partial charge on any atom is 0.208 e. The molecule has 0 unspecified atom stereocenters. The fraction of sp³-hybridized carbons (Fsp3) is 0.333. The van der Waals surface area contributed by atoms with Gasteiger partial charge in [-0.2, -0.15) is 15.6 Å². The van der Waals surface area contributed by atoms with Crippen LogP contribution in [0.5, 0.6) is 0 Å². The van der Waals surface area contributed by atoms with Crippen LogP contribution < -0.4 is 10.2 Å². The Balaban J connectivity index is 1.50. The lowest BCUT2D eigenvalue weighted by Gasteiger charge is -2.35. The number of hydrogen-bond acceptors (Lipinski definition) is 10. The average molecular weight is 486 g/mol. The van der Waals surface area contributed by atoms with Gasteiger partial charge in [0.05, 0.1) is 45.9 Å². The molecule has 11 heteroatoms. The summed E-state index contributed by atoms with van der Waals surface area (Å²) in [5.74, 6) is 0. The Morgan fingerprint density at radius 3 is 2.71 bits per heavy atom. The minimum absolute atomic E-state index is 0.430. The summed E-state index contributed by atoms with van der Waals surface area (Å²) in [5.41, 5.74) is 3.55. The number of hydrogen-bond donors (Lipinski definition) is 2. The van der Waals surface area contributed by atoms with Crippen LogP contribution in [-0.2, 0) is 0 Å². The number of nitriles is 2. The summed E-state index contributed by atoms with van der Waals surface area (Å²) in [7, 11) is 0. The van der Waals surface area contributed by atoms with Crippen molar-refractivity contribution in [2.75, 3.05) is 23.3 Å². The standard InChI is InChI=1S/C24H23N9OS/c1-15(11-25)29-19-10-20(21-4-3-17-9-16(12-26)13-28-33(17)21)27-14-18(19)22-30-31-23(35-22)32-7-5-24(2,34)6-8-32/h3-4,9-10,13-15,34H,5-8H2,1-2H3,(H,27,29)/t15-/m1/s1. The van der Waals surface area contributed by atoms with Crippen molar-refractivity contribution in [3.05, 3.63) is 42.2 Å². The molecule has 1 aliphatic heterocycles. The Labute approximate surface area is 206 Å². The van der Waals surface area contributed by atoms with Crippen molar-refractivity contribution >= 4 is 27.7 Å². The van der Waals surface area contributed by atoms with E-state index in [0.717, 1.165) is 40.7 Å². The molecule has 10 nitrogen and oxygen atoms in total. The number of anilines is 2. The Kier molecular flexibility index (Phi) is 5.81. The van der Waals surface area contributed by atoms with Gasteiger partial charge < -0.3 is 15.3 Å². The molecule has 5 heterocycles. The van der Waals surface area contributed by atoms with E-state index in [1.165, 1.54) is 17.5 Å². The van der Waals surface area contributed by atoms with Gasteiger partial charge in [-0.25, -0.2) is 4.52 Å². The van der Waals surface area contributed by atoms with Gasteiger partial charge in [-0.1, -0.05) is 11.3 Å². The molecule has 0 aliphatic carbocycles. The third kappa shape index (κ3) is 4.52. The number of nitrogens with one attached hydrogen (secondary N) is 1. The predicted octanol–water partition coefficient (Wildman–Crippen LogP) is 3.46. The summed E-state index contributed by atoms with van der Waals surface area (Å²) >= 11 is 1.46. The van der Waals surface area contributed by atoms with Crippen LogP contribution in [-0.4, -0.2) is 54.6 Å². The van der Waals surface area contributed by atoms with E-state index >= 15 is 0 Å². The van der Waals surface area contributed by atoms with E-state index in [1.54, 1.807) is 23.7 Å². The lowest BCUT2D eigenvalue weighted by Crippen LogP contribution is -2.42. The molecule has 176 valence electrons. The Morgan fingerprint density at radius 2 is 1.97 bits per heavy atom. The minimum atomic E-state index is -0.637. The van der Waals surface area contributed by atoms with Gasteiger partial charge in [0.1, 0.15) is 12.1 Å². The SMILES string of the molecule is C[C@H](C#N)Nc1cc(-c2ccc3cc(C#N)cnn23)ncc1-c1nnc(N2CCC(C)(O)CC2)s1. The highest BCUT2D eigenvalue weighted by Gasteiger charge is 2.29. The zero-order valence-corrected chi connectivity index (χ0v) is 20.1. The van der Waals surface area contributed by atoms with E-state index in [1.807, 2.05) is 25.1 Å². The Hall–Kier alpha value is -4.06. The first kappa shape index (κ1) is 22.7. The number of aliphatic hydroxyl groups is 1. The monoisotopic (exact) mass is 485 g/mol. The molecule has 0 spiro atoms. The minimum Gasteiger partial charge on any atom is -0.390 e. The number of fused-ring (bicyclic) bond motifs is 1. The summed E-state index contributed by atoms with van der Waals surface area (Å²) < 4.78 is 1.73. The normalized spacial score (nSPS) is 16.0. The predicted molar refractivity (Wildman–Crippen MR) is 133 cm³/mol. The van der Waals surface area contributed by atoms with Crippen molar-refractivity contribution in [2.45, 2.75) is 38.3 Å². The van der Waals surface area contributed by atoms with E-state index in [9.17, 15) is 10.4 Å². The second kappa shape index (κ2) is 8.95. The maximum absolute atomic E-state index is 10.2. The van der Waals surface area contributed by atoms with Gasteiger partial charge in [-0.15, -0.1) is 10.2 Å². The first-order chi connectivity index (χ1) is 16.9. The molecule has 0 saturated carbocycles. The second-order valence-electron chi connectivity index (χ2n) is 8.90. The molecular formula is C24H23N9OS. The molecule has 0 bridgehead atoms. The molecule has 1 fully saturated rings. The molecule has 5 rings (SSSR count). The molecule has 0 amide bonds. The fourth-order valence-corrected chi connectivity index (χ4v) is 4.96. The van der Waals surface area contributed by atoms with Gasteiger partial charge in [-0.3, -0.25) is 4.98 Å². The lowest BCUT2D eigenvalue weighted by atomic mass is 9.94. The highest BCUT2D eigenvalue weighted by atomic mass is 32.1. The first-order valence-corrected chi connectivity index (χ1v) is 12.0. The summed E-state index contributed by atoms with van der Waals surface area (Å²) in [6.45, 7) is 5.09. The third-order valence-corrected chi connectivity index (χ3v) is 7.13. The van der Waals surface area contributed by atoms with Gasteiger partial charge in [0.15, 0.2) is 5.01 Å². The third-order valence-electron chi connectivity index (χ3n) is 6.12. The highest BCUT2D eigenvalue weighted by molar-refractivity contribution is 7.18. The molecule has 1 saturated heterocycles. The van der Waals surface area contributed by atoms with E-state index in [4.69, 9.17) is 5.26 Å². The maximum atomic E-state index is 10.2. The first-order valence-electron chi connectivity index (χ1n) is 11.2. The van der Waals surface area contributed by atoms with Gasteiger partial charge in [0.25, 0.3) is 0 Å². The van der Waals surface area contributed by atoms with Crippen LogP contribution in [0.15, 0.2) is 36.7 Å². The van der Waals surface area contributed by atoms with Crippen LogP contribution >= 0.6 is 11.3 Å². The molecule has 4 aromatic rings. The van der Waals surface area contributed by atoms with Crippen LogP contribution in [0, 0.1) is 22.7 Å². The van der Waals surface area contributed by atoms with Crippen molar-refractivity contribution < 1.29 is 5.11 Å². The van der Waals surface area contributed by atoms with E-state index in [0.29, 0.717) is 29.1 Å². The Bertz CT molecular complexity index is 1470. The summed E-state index contributed by atoms with van der Waals surface area (Å²) in [6, 6.07) is 11.3. The van der Waals surface area contributed by atoms with Crippen molar-refractivity contribution in [2.24, 2.45) is 0 Å². The molecule has 1 atom stereocenters. The van der Waals surface area contributed by atoms with Crippen LogP contribution in [0.2, 0.25) is 0 Å². The number of aromatic nitrogens is 5. The van der Waals surface area contributed by atoms with Gasteiger partial charge >= 0.3 is 0 Å². The van der Waals surface area contributed by atoms with Crippen molar-refractivity contribution in [1.82, 2.24) is 24.8 Å². The van der Waals surface area contributed by atoms with Gasteiger partial charge in [0.2, 0.25) is 5.13 Å². The topological polar surface area (TPSA) is 139 Å². The highest BCUT2D eigenvalue weighted by Crippen LogP contribution is 2.37. The summed E-state index contributed by atoms with van der Waals surface area (Å²) in [4.78, 5) is 6.81.